The maximum Gasteiger partial charge on any atom is 0.417 e. The molecule has 0 aromatic carbocycles. The summed E-state index contributed by atoms with van der Waals surface area (Å²) in [5.41, 5.74) is 4.21. The lowest BCUT2D eigenvalue weighted by Crippen LogP contribution is -2.19. The van der Waals surface area contributed by atoms with Gasteiger partial charge in [-0.05, 0) is 57.1 Å². The van der Waals surface area contributed by atoms with E-state index in [1.165, 1.54) is 43.6 Å². The third-order valence-electron chi connectivity index (χ3n) is 3.97. The van der Waals surface area contributed by atoms with Crippen molar-refractivity contribution in [2.24, 2.45) is 0 Å². The van der Waals surface area contributed by atoms with Crippen molar-refractivity contribution in [3.63, 3.8) is 0 Å². The zero-order chi connectivity index (χ0) is 22.1. The molecule has 3 N–H and O–H groups in total. The molecule has 0 saturated carbocycles. The summed E-state index contributed by atoms with van der Waals surface area (Å²) >= 11 is 0. The van der Waals surface area contributed by atoms with Crippen LogP contribution in [0.4, 0.5) is 24.7 Å². The lowest BCUT2D eigenvalue weighted by Gasteiger charge is -2.18. The Hall–Kier alpha value is -2.99. The van der Waals surface area contributed by atoms with Crippen LogP contribution in [0.15, 0.2) is 59.3 Å². The van der Waals surface area contributed by atoms with Crippen molar-refractivity contribution in [2.45, 2.75) is 13.1 Å². The molecule has 0 fully saturated rings. The average molecular weight is 456 g/mol. The Balaban J connectivity index is 1.98. The maximum absolute atomic E-state index is 13.2. The molecule has 2 aromatic heterocycles. The van der Waals surface area contributed by atoms with Crippen molar-refractivity contribution in [2.75, 3.05) is 10.5 Å². The number of aromatic nitrogens is 2. The standard InChI is InChI=1S/C18H15F3N4O3S2/c1-11-5-8-29(10-13(11)18(19,20)21)30(27,28)25-14-3-2-6-24-16(14)17(26)12-4-7-23-15(22)9-12/h2-10,25H,1H3,(H2,22,23). The second-order valence-corrected chi connectivity index (χ2v) is 10.8. The minimum atomic E-state index is -4.69. The van der Waals surface area contributed by atoms with Crippen molar-refractivity contribution in [1.82, 2.24) is 9.97 Å². The SMILES string of the molecule is CC1=C(C(F)(F)F)C=S(S(=O)(=O)Nc2cccnc2C(=O)c2ccnc(N)c2)C=C1. The van der Waals surface area contributed by atoms with Gasteiger partial charge in [-0.3, -0.25) is 14.5 Å². The van der Waals surface area contributed by atoms with E-state index in [-0.39, 0.29) is 28.3 Å². The molecule has 0 spiro atoms. The lowest BCUT2D eigenvalue weighted by atomic mass is 10.1. The fourth-order valence-corrected chi connectivity index (χ4v) is 6.12. The number of hydrogen-bond acceptors (Lipinski definition) is 6. The third-order valence-corrected chi connectivity index (χ3v) is 8.21. The van der Waals surface area contributed by atoms with Crippen molar-refractivity contribution in [3.05, 3.63) is 70.5 Å². The highest BCUT2D eigenvalue weighted by Gasteiger charge is 2.36. The number of carbonyl (C=O) groups is 1. The number of nitrogens with zero attached hydrogens (tertiary/aromatic N) is 2. The van der Waals surface area contributed by atoms with Crippen molar-refractivity contribution in [3.8, 4) is 0 Å². The zero-order valence-corrected chi connectivity index (χ0v) is 17.0. The molecule has 1 atom stereocenters. The minimum Gasteiger partial charge on any atom is -0.384 e. The van der Waals surface area contributed by atoms with Gasteiger partial charge in [0.25, 0.3) is 9.06 Å². The molecule has 3 rings (SSSR count). The highest BCUT2D eigenvalue weighted by atomic mass is 33.2. The number of alkyl halides is 3. The molecule has 30 heavy (non-hydrogen) atoms. The molecular weight excluding hydrogens is 441 g/mol. The van der Waals surface area contributed by atoms with Crippen LogP contribution in [0.25, 0.3) is 0 Å². The normalized spacial score (nSPS) is 16.9. The first-order chi connectivity index (χ1) is 14.0. The predicted octanol–water partition coefficient (Wildman–Crippen LogP) is 3.42. The molecule has 158 valence electrons. The number of nitrogen functional groups attached to an aromatic ring is 1. The number of nitrogens with two attached hydrogens (primary N) is 1. The molecule has 1 aliphatic rings. The Bertz CT molecular complexity index is 1220. The van der Waals surface area contributed by atoms with E-state index in [1.54, 1.807) is 0 Å². The van der Waals surface area contributed by atoms with Crippen LogP contribution in [0.5, 0.6) is 0 Å². The summed E-state index contributed by atoms with van der Waals surface area (Å²) in [6.07, 6.45) is -0.975. The molecule has 3 heterocycles. The zero-order valence-electron chi connectivity index (χ0n) is 15.3. The number of pyridine rings is 2. The van der Waals surface area contributed by atoms with Gasteiger partial charge in [0.05, 0.1) is 11.3 Å². The Morgan fingerprint density at radius 3 is 2.60 bits per heavy atom. The number of anilines is 2. The number of allylic oxidation sites excluding steroid dienone is 3. The molecule has 1 aliphatic heterocycles. The molecule has 0 amide bonds. The fraction of sp³-hybridized carbons (Fsp3) is 0.111. The van der Waals surface area contributed by atoms with E-state index in [4.69, 9.17) is 5.73 Å². The summed E-state index contributed by atoms with van der Waals surface area (Å²) in [5, 5.41) is 1.81. The van der Waals surface area contributed by atoms with Gasteiger partial charge in [-0.15, -0.1) is 0 Å². The van der Waals surface area contributed by atoms with E-state index in [1.807, 2.05) is 0 Å². The van der Waals surface area contributed by atoms with Crippen LogP contribution >= 0.6 is 9.52 Å². The van der Waals surface area contributed by atoms with E-state index < -0.39 is 36.1 Å². The third kappa shape index (κ3) is 4.60. The average Bonchev–Trinajstić information content (AvgIpc) is 2.67. The van der Waals surface area contributed by atoms with E-state index in [9.17, 15) is 26.4 Å². The minimum absolute atomic E-state index is 0.0872. The number of rotatable bonds is 5. The molecule has 7 nitrogen and oxygen atoms in total. The van der Waals surface area contributed by atoms with E-state index >= 15 is 0 Å². The van der Waals surface area contributed by atoms with Crippen LogP contribution in [-0.4, -0.2) is 35.7 Å². The highest BCUT2D eigenvalue weighted by molar-refractivity contribution is 8.81. The molecule has 0 radical (unpaired) electrons. The van der Waals surface area contributed by atoms with Crippen molar-refractivity contribution >= 4 is 41.2 Å². The largest absolute Gasteiger partial charge is 0.417 e. The van der Waals surface area contributed by atoms with Crippen LogP contribution in [0.1, 0.15) is 23.0 Å². The Labute approximate surface area is 171 Å². The Morgan fingerprint density at radius 1 is 1.20 bits per heavy atom. The summed E-state index contributed by atoms with van der Waals surface area (Å²) in [5.74, 6) is -0.537. The van der Waals surface area contributed by atoms with E-state index in [0.29, 0.717) is 5.37 Å². The predicted molar refractivity (Wildman–Crippen MR) is 110 cm³/mol. The first-order valence-corrected chi connectivity index (χ1v) is 11.6. The van der Waals surface area contributed by atoms with Gasteiger partial charge in [0.1, 0.15) is 11.5 Å². The number of halogens is 3. The van der Waals surface area contributed by atoms with Gasteiger partial charge >= 0.3 is 6.18 Å². The summed E-state index contributed by atoms with van der Waals surface area (Å²) in [4.78, 5) is 20.5. The summed E-state index contributed by atoms with van der Waals surface area (Å²) in [7, 11) is -6.24. The van der Waals surface area contributed by atoms with Crippen LogP contribution < -0.4 is 10.5 Å². The van der Waals surface area contributed by atoms with Crippen LogP contribution in [0.3, 0.4) is 0 Å². The molecule has 12 heteroatoms. The monoisotopic (exact) mass is 456 g/mol. The smallest absolute Gasteiger partial charge is 0.384 e. The molecule has 0 bridgehead atoms. The number of ketones is 1. The van der Waals surface area contributed by atoms with Gasteiger partial charge in [0, 0.05) is 18.0 Å². The summed E-state index contributed by atoms with van der Waals surface area (Å²) in [6.45, 7) is 1.24. The van der Waals surface area contributed by atoms with Gasteiger partial charge in [0.2, 0.25) is 5.78 Å². The first kappa shape index (κ1) is 21.7. The van der Waals surface area contributed by atoms with Gasteiger partial charge in [-0.25, -0.2) is 4.98 Å². The van der Waals surface area contributed by atoms with E-state index in [2.05, 4.69) is 14.7 Å². The number of carbonyl (C=O) groups excluding carboxylic acids is 1. The van der Waals surface area contributed by atoms with Gasteiger partial charge < -0.3 is 5.73 Å². The summed E-state index contributed by atoms with van der Waals surface area (Å²) < 4.78 is 67.2. The topological polar surface area (TPSA) is 115 Å². The Morgan fingerprint density at radius 2 is 1.93 bits per heavy atom. The lowest BCUT2D eigenvalue weighted by molar-refractivity contribution is -0.0859. The van der Waals surface area contributed by atoms with Gasteiger partial charge in [-0.2, -0.15) is 21.6 Å². The van der Waals surface area contributed by atoms with Crippen LogP contribution in [0.2, 0.25) is 0 Å². The fourth-order valence-electron chi connectivity index (χ4n) is 2.51. The second-order valence-electron chi connectivity index (χ2n) is 6.10. The van der Waals surface area contributed by atoms with E-state index in [0.717, 1.165) is 11.5 Å². The first-order valence-electron chi connectivity index (χ1n) is 8.26. The summed E-state index contributed by atoms with van der Waals surface area (Å²) in [6, 6.07) is 5.38. The number of nitrogens with one attached hydrogen (secondary N) is 1. The van der Waals surface area contributed by atoms with Crippen LogP contribution in [0, 0.1) is 0 Å². The second kappa shape index (κ2) is 8.03. The Kier molecular flexibility index (Phi) is 5.81. The van der Waals surface area contributed by atoms with Gasteiger partial charge in [-0.1, -0.05) is 6.08 Å². The molecule has 2 aromatic rings. The molecular formula is C18H15F3N4O3S2. The van der Waals surface area contributed by atoms with Crippen LogP contribution in [-0.2, 0) is 9.06 Å². The molecule has 1 unspecified atom stereocenters. The maximum atomic E-state index is 13.2. The molecule has 0 saturated heterocycles. The van der Waals surface area contributed by atoms with Crippen molar-refractivity contribution < 1.29 is 26.4 Å². The van der Waals surface area contributed by atoms with Gasteiger partial charge in [0.15, 0.2) is 0 Å². The molecule has 0 aliphatic carbocycles. The number of hydrogen-bond donors (Lipinski definition) is 2. The highest BCUT2D eigenvalue weighted by Crippen LogP contribution is 2.37. The van der Waals surface area contributed by atoms with Crippen molar-refractivity contribution in [1.29, 1.82) is 0 Å². The quantitative estimate of drug-likeness (QED) is 0.405.